The lowest BCUT2D eigenvalue weighted by Gasteiger charge is -2.33. The number of nitrogens with one attached hydrogen (secondary N) is 2. The third kappa shape index (κ3) is 5.69. The van der Waals surface area contributed by atoms with Crippen LogP contribution in [0, 0.1) is 5.41 Å². The molecule has 1 heterocycles. The highest BCUT2D eigenvalue weighted by atomic mass is 79.9. The summed E-state index contributed by atoms with van der Waals surface area (Å²) in [5, 5.41) is 16.4. The maximum atomic E-state index is 9.47. The Morgan fingerprint density at radius 1 is 1.27 bits per heavy atom. The second kappa shape index (κ2) is 9.20. The van der Waals surface area contributed by atoms with E-state index in [4.69, 9.17) is 4.99 Å². The number of aliphatic hydroxyl groups is 1. The van der Waals surface area contributed by atoms with Gasteiger partial charge in [-0.05, 0) is 50.3 Å². The Morgan fingerprint density at radius 2 is 1.96 bits per heavy atom. The van der Waals surface area contributed by atoms with E-state index < -0.39 is 0 Å². The highest BCUT2D eigenvalue weighted by molar-refractivity contribution is 9.10. The topological polar surface area (TPSA) is 59.9 Å². The first-order chi connectivity index (χ1) is 12.6. The van der Waals surface area contributed by atoms with Crippen molar-refractivity contribution in [1.29, 1.82) is 0 Å². The maximum absolute atomic E-state index is 9.47. The van der Waals surface area contributed by atoms with Crippen molar-refractivity contribution in [3.63, 3.8) is 0 Å². The van der Waals surface area contributed by atoms with Gasteiger partial charge in [0.05, 0.1) is 13.2 Å². The number of aliphatic hydroxyl groups excluding tert-OH is 1. The van der Waals surface area contributed by atoms with Gasteiger partial charge in [-0.1, -0.05) is 28.1 Å². The van der Waals surface area contributed by atoms with Gasteiger partial charge in [-0.2, -0.15) is 0 Å². The highest BCUT2D eigenvalue weighted by Gasteiger charge is 2.41. The molecule has 0 radical (unpaired) electrons. The van der Waals surface area contributed by atoms with Crippen LogP contribution in [0.4, 0.5) is 0 Å². The molecule has 0 amide bonds. The molecule has 5 nitrogen and oxygen atoms in total. The minimum absolute atomic E-state index is 0.0659. The van der Waals surface area contributed by atoms with Crippen LogP contribution in [-0.4, -0.2) is 54.8 Å². The number of piperidine rings is 1. The van der Waals surface area contributed by atoms with Gasteiger partial charge in [-0.25, -0.2) is 0 Å². The SMILES string of the molecule is CCNC(=NCC1(CO)CC1)NC1CCN(Cc2ccc(Br)cc2)CC1. The molecule has 1 aromatic rings. The van der Waals surface area contributed by atoms with E-state index in [2.05, 4.69) is 62.7 Å². The summed E-state index contributed by atoms with van der Waals surface area (Å²) in [5.74, 6) is 0.901. The minimum Gasteiger partial charge on any atom is -0.396 e. The molecule has 2 fully saturated rings. The lowest BCUT2D eigenvalue weighted by molar-refractivity contribution is 0.198. The van der Waals surface area contributed by atoms with Gasteiger partial charge < -0.3 is 15.7 Å². The average molecular weight is 423 g/mol. The largest absolute Gasteiger partial charge is 0.396 e. The number of halogens is 1. The predicted octanol–water partition coefficient (Wildman–Crippen LogP) is 2.74. The molecule has 6 heteroatoms. The Morgan fingerprint density at radius 3 is 2.54 bits per heavy atom. The van der Waals surface area contributed by atoms with Crippen molar-refractivity contribution >= 4 is 21.9 Å². The summed E-state index contributed by atoms with van der Waals surface area (Å²) in [6, 6.07) is 9.08. The van der Waals surface area contributed by atoms with E-state index in [1.807, 2.05) is 0 Å². The normalized spacial score (nSPS) is 20.8. The number of aliphatic imine (C=N–C) groups is 1. The summed E-state index contributed by atoms with van der Waals surface area (Å²) in [4.78, 5) is 7.25. The van der Waals surface area contributed by atoms with Crippen LogP contribution in [0.1, 0.15) is 38.2 Å². The Balaban J connectivity index is 1.45. The van der Waals surface area contributed by atoms with Gasteiger partial charge in [0, 0.05) is 42.1 Å². The van der Waals surface area contributed by atoms with Crippen molar-refractivity contribution in [2.45, 2.75) is 45.2 Å². The molecule has 144 valence electrons. The van der Waals surface area contributed by atoms with E-state index in [0.717, 1.165) is 68.8 Å². The van der Waals surface area contributed by atoms with Crippen LogP contribution in [0.2, 0.25) is 0 Å². The zero-order valence-electron chi connectivity index (χ0n) is 15.7. The van der Waals surface area contributed by atoms with Crippen molar-refractivity contribution < 1.29 is 5.11 Å². The van der Waals surface area contributed by atoms with Crippen LogP contribution in [0.15, 0.2) is 33.7 Å². The molecular weight excluding hydrogens is 392 g/mol. The average Bonchev–Trinajstić information content (AvgIpc) is 3.44. The number of rotatable bonds is 7. The summed E-state index contributed by atoms with van der Waals surface area (Å²) < 4.78 is 1.13. The molecule has 3 N–H and O–H groups in total. The molecule has 0 bridgehead atoms. The number of likely N-dealkylation sites (tertiary alicyclic amines) is 1. The van der Waals surface area contributed by atoms with Crippen LogP contribution in [0.25, 0.3) is 0 Å². The summed E-state index contributed by atoms with van der Waals surface area (Å²) in [5.41, 5.74) is 1.43. The molecule has 1 aliphatic heterocycles. The Hall–Kier alpha value is -1.11. The van der Waals surface area contributed by atoms with Gasteiger partial charge in [0.1, 0.15) is 0 Å². The number of hydrogen-bond donors (Lipinski definition) is 3. The first-order valence-electron chi connectivity index (χ1n) is 9.75. The first-order valence-corrected chi connectivity index (χ1v) is 10.5. The summed E-state index contributed by atoms with van der Waals surface area (Å²) in [6.45, 7) is 7.16. The number of hydrogen-bond acceptors (Lipinski definition) is 3. The zero-order chi connectivity index (χ0) is 18.4. The third-order valence-electron chi connectivity index (χ3n) is 5.46. The molecule has 0 spiro atoms. The molecule has 1 saturated carbocycles. The van der Waals surface area contributed by atoms with E-state index in [9.17, 15) is 5.11 Å². The third-order valence-corrected chi connectivity index (χ3v) is 5.99. The van der Waals surface area contributed by atoms with Crippen molar-refractivity contribution in [1.82, 2.24) is 15.5 Å². The van der Waals surface area contributed by atoms with Gasteiger partial charge in [-0.15, -0.1) is 0 Å². The predicted molar refractivity (Wildman–Crippen MR) is 110 cm³/mol. The molecule has 3 rings (SSSR count). The van der Waals surface area contributed by atoms with Crippen molar-refractivity contribution in [3.8, 4) is 0 Å². The molecule has 26 heavy (non-hydrogen) atoms. The van der Waals surface area contributed by atoms with E-state index in [-0.39, 0.29) is 12.0 Å². The fourth-order valence-electron chi connectivity index (χ4n) is 3.39. The van der Waals surface area contributed by atoms with Gasteiger partial charge >= 0.3 is 0 Å². The molecule has 2 aliphatic rings. The lowest BCUT2D eigenvalue weighted by Crippen LogP contribution is -2.48. The van der Waals surface area contributed by atoms with E-state index >= 15 is 0 Å². The van der Waals surface area contributed by atoms with Gasteiger partial charge in [0.15, 0.2) is 5.96 Å². The van der Waals surface area contributed by atoms with Crippen molar-refractivity contribution in [2.24, 2.45) is 10.4 Å². The molecular formula is C20H31BrN4O. The Labute approximate surface area is 165 Å². The Bertz CT molecular complexity index is 592. The van der Waals surface area contributed by atoms with Crippen LogP contribution < -0.4 is 10.6 Å². The van der Waals surface area contributed by atoms with E-state index in [1.165, 1.54) is 5.56 Å². The van der Waals surface area contributed by atoms with Gasteiger partial charge in [-0.3, -0.25) is 9.89 Å². The van der Waals surface area contributed by atoms with Gasteiger partial charge in [0.25, 0.3) is 0 Å². The van der Waals surface area contributed by atoms with Crippen LogP contribution in [-0.2, 0) is 6.54 Å². The van der Waals surface area contributed by atoms with E-state index in [1.54, 1.807) is 0 Å². The standard InChI is InChI=1S/C20H31BrN4O/c1-2-22-19(23-14-20(15-26)9-10-20)24-18-7-11-25(12-8-18)13-16-3-5-17(21)6-4-16/h3-6,18,26H,2,7-15H2,1H3,(H2,22,23,24). The number of nitrogens with zero attached hydrogens (tertiary/aromatic N) is 2. The van der Waals surface area contributed by atoms with Crippen LogP contribution >= 0.6 is 15.9 Å². The van der Waals surface area contributed by atoms with Crippen LogP contribution in [0.5, 0.6) is 0 Å². The molecule has 0 atom stereocenters. The quantitative estimate of drug-likeness (QED) is 0.466. The first kappa shape index (κ1) is 19.6. The molecule has 1 aromatic carbocycles. The monoisotopic (exact) mass is 422 g/mol. The van der Waals surface area contributed by atoms with Crippen LogP contribution in [0.3, 0.4) is 0 Å². The second-order valence-corrected chi connectivity index (χ2v) is 8.59. The summed E-state index contributed by atoms with van der Waals surface area (Å²) >= 11 is 3.49. The van der Waals surface area contributed by atoms with Crippen molar-refractivity contribution in [3.05, 3.63) is 34.3 Å². The highest BCUT2D eigenvalue weighted by Crippen LogP contribution is 2.45. The number of guanidine groups is 1. The summed E-state index contributed by atoms with van der Waals surface area (Å²) in [7, 11) is 0. The second-order valence-electron chi connectivity index (χ2n) is 7.67. The Kier molecular flexibility index (Phi) is 6.95. The zero-order valence-corrected chi connectivity index (χ0v) is 17.3. The van der Waals surface area contributed by atoms with E-state index in [0.29, 0.717) is 6.04 Å². The fourth-order valence-corrected chi connectivity index (χ4v) is 3.65. The summed E-state index contributed by atoms with van der Waals surface area (Å²) in [6.07, 6.45) is 4.46. The fraction of sp³-hybridized carbons (Fsp3) is 0.650. The smallest absolute Gasteiger partial charge is 0.191 e. The lowest BCUT2D eigenvalue weighted by atomic mass is 10.0. The maximum Gasteiger partial charge on any atom is 0.191 e. The molecule has 1 aliphatic carbocycles. The van der Waals surface area contributed by atoms with Gasteiger partial charge in [0.2, 0.25) is 0 Å². The molecule has 0 unspecified atom stereocenters. The molecule has 0 aromatic heterocycles. The van der Waals surface area contributed by atoms with Crippen molar-refractivity contribution in [2.75, 3.05) is 32.8 Å². The minimum atomic E-state index is 0.0659. The molecule has 1 saturated heterocycles. The number of benzene rings is 1.